The van der Waals surface area contributed by atoms with Gasteiger partial charge in [0.15, 0.2) is 0 Å². The molecule has 16 heavy (non-hydrogen) atoms. The standard InChI is InChI=1S/C12H21N3O/c1-16-10-4-7-13-12-14-8-9-15(12)11-5-2-3-6-11/h8-9,11H,2-7,10H2,1H3,(H,13,14). The SMILES string of the molecule is COCCCNc1nccn1C1CCCC1. The van der Waals surface area contributed by atoms with Crippen LogP contribution in [-0.4, -0.2) is 29.8 Å². The number of imidazole rings is 1. The number of hydrogen-bond donors (Lipinski definition) is 1. The third-order valence-corrected chi connectivity index (χ3v) is 3.20. The first-order chi connectivity index (χ1) is 7.92. The highest BCUT2D eigenvalue weighted by molar-refractivity contribution is 5.26. The van der Waals surface area contributed by atoms with Crippen molar-refractivity contribution < 1.29 is 4.74 Å². The number of anilines is 1. The first-order valence-corrected chi connectivity index (χ1v) is 6.17. The third kappa shape index (κ3) is 2.76. The fourth-order valence-electron chi connectivity index (χ4n) is 2.34. The van der Waals surface area contributed by atoms with E-state index in [0.29, 0.717) is 6.04 Å². The van der Waals surface area contributed by atoms with E-state index < -0.39 is 0 Å². The van der Waals surface area contributed by atoms with E-state index in [4.69, 9.17) is 4.74 Å². The highest BCUT2D eigenvalue weighted by atomic mass is 16.5. The molecule has 0 spiro atoms. The summed E-state index contributed by atoms with van der Waals surface area (Å²) >= 11 is 0. The Morgan fingerprint density at radius 2 is 2.31 bits per heavy atom. The molecule has 0 bridgehead atoms. The molecule has 0 radical (unpaired) electrons. The monoisotopic (exact) mass is 223 g/mol. The maximum atomic E-state index is 5.02. The van der Waals surface area contributed by atoms with Gasteiger partial charge in [0.1, 0.15) is 0 Å². The molecule has 0 aliphatic heterocycles. The molecule has 1 aromatic rings. The van der Waals surface area contributed by atoms with Crippen molar-refractivity contribution in [3.63, 3.8) is 0 Å². The van der Waals surface area contributed by atoms with Crippen LogP contribution in [0.15, 0.2) is 12.4 Å². The zero-order chi connectivity index (χ0) is 11.2. The molecule has 1 saturated carbocycles. The molecule has 90 valence electrons. The van der Waals surface area contributed by atoms with Gasteiger partial charge in [-0.3, -0.25) is 0 Å². The zero-order valence-electron chi connectivity index (χ0n) is 9.98. The van der Waals surface area contributed by atoms with E-state index in [2.05, 4.69) is 21.1 Å². The second-order valence-electron chi connectivity index (χ2n) is 4.37. The zero-order valence-corrected chi connectivity index (χ0v) is 9.98. The third-order valence-electron chi connectivity index (χ3n) is 3.20. The fourth-order valence-corrected chi connectivity index (χ4v) is 2.34. The van der Waals surface area contributed by atoms with Crippen molar-refractivity contribution in [1.82, 2.24) is 9.55 Å². The Morgan fingerprint density at radius 1 is 1.50 bits per heavy atom. The highest BCUT2D eigenvalue weighted by Crippen LogP contribution is 2.31. The minimum Gasteiger partial charge on any atom is -0.385 e. The number of ether oxygens (including phenoxy) is 1. The number of rotatable bonds is 6. The van der Waals surface area contributed by atoms with Crippen LogP contribution in [0.2, 0.25) is 0 Å². The summed E-state index contributed by atoms with van der Waals surface area (Å²) in [5.74, 6) is 1.02. The van der Waals surface area contributed by atoms with Crippen LogP contribution < -0.4 is 5.32 Å². The van der Waals surface area contributed by atoms with E-state index in [9.17, 15) is 0 Å². The summed E-state index contributed by atoms with van der Waals surface area (Å²) < 4.78 is 7.32. The Morgan fingerprint density at radius 3 is 3.06 bits per heavy atom. The Balaban J connectivity index is 1.86. The molecule has 4 heteroatoms. The van der Waals surface area contributed by atoms with Crippen molar-refractivity contribution in [2.24, 2.45) is 0 Å². The van der Waals surface area contributed by atoms with E-state index >= 15 is 0 Å². The van der Waals surface area contributed by atoms with E-state index in [0.717, 1.165) is 25.5 Å². The van der Waals surface area contributed by atoms with Crippen LogP contribution in [0.1, 0.15) is 38.1 Å². The second kappa shape index (κ2) is 5.89. The van der Waals surface area contributed by atoms with Gasteiger partial charge in [-0.05, 0) is 19.3 Å². The summed E-state index contributed by atoms with van der Waals surface area (Å²) in [6.45, 7) is 1.73. The normalized spacial score (nSPS) is 16.8. The van der Waals surface area contributed by atoms with Gasteiger partial charge in [-0.2, -0.15) is 0 Å². The lowest BCUT2D eigenvalue weighted by Gasteiger charge is -2.15. The molecule has 4 nitrogen and oxygen atoms in total. The molecule has 2 rings (SSSR count). The number of hydrogen-bond acceptors (Lipinski definition) is 3. The Hall–Kier alpha value is -1.03. The molecule has 0 unspecified atom stereocenters. The van der Waals surface area contributed by atoms with Crippen molar-refractivity contribution >= 4 is 5.95 Å². The highest BCUT2D eigenvalue weighted by Gasteiger charge is 2.18. The number of aromatic nitrogens is 2. The van der Waals surface area contributed by atoms with Gasteiger partial charge < -0.3 is 14.6 Å². The van der Waals surface area contributed by atoms with Crippen molar-refractivity contribution in [3.05, 3.63) is 12.4 Å². The summed E-state index contributed by atoms with van der Waals surface area (Å²) in [6, 6.07) is 0.660. The average molecular weight is 223 g/mol. The predicted molar refractivity (Wildman–Crippen MR) is 64.7 cm³/mol. The first kappa shape index (κ1) is 11.5. The van der Waals surface area contributed by atoms with Gasteiger partial charge in [-0.15, -0.1) is 0 Å². The van der Waals surface area contributed by atoms with E-state index in [-0.39, 0.29) is 0 Å². The Bertz CT molecular complexity index is 305. The van der Waals surface area contributed by atoms with Gasteiger partial charge in [-0.1, -0.05) is 12.8 Å². The van der Waals surface area contributed by atoms with Crippen molar-refractivity contribution in [2.75, 3.05) is 25.6 Å². The quantitative estimate of drug-likeness (QED) is 0.753. The largest absolute Gasteiger partial charge is 0.385 e. The smallest absolute Gasteiger partial charge is 0.203 e. The van der Waals surface area contributed by atoms with Gasteiger partial charge in [0.25, 0.3) is 0 Å². The van der Waals surface area contributed by atoms with Crippen molar-refractivity contribution in [3.8, 4) is 0 Å². The van der Waals surface area contributed by atoms with Gasteiger partial charge in [-0.25, -0.2) is 4.98 Å². The van der Waals surface area contributed by atoms with E-state index in [1.807, 2.05) is 6.20 Å². The van der Waals surface area contributed by atoms with Crippen LogP contribution in [0.3, 0.4) is 0 Å². The lowest BCUT2D eigenvalue weighted by atomic mass is 10.2. The topological polar surface area (TPSA) is 39.1 Å². The van der Waals surface area contributed by atoms with Crippen LogP contribution >= 0.6 is 0 Å². The van der Waals surface area contributed by atoms with E-state index in [1.54, 1.807) is 7.11 Å². The summed E-state index contributed by atoms with van der Waals surface area (Å²) in [5.41, 5.74) is 0. The summed E-state index contributed by atoms with van der Waals surface area (Å²) in [6.07, 6.45) is 10.3. The van der Waals surface area contributed by atoms with Crippen LogP contribution in [0.4, 0.5) is 5.95 Å². The van der Waals surface area contributed by atoms with Gasteiger partial charge in [0.05, 0.1) is 0 Å². The maximum absolute atomic E-state index is 5.02. The fraction of sp³-hybridized carbons (Fsp3) is 0.750. The van der Waals surface area contributed by atoms with Gasteiger partial charge in [0, 0.05) is 38.7 Å². The minimum atomic E-state index is 0.660. The Kier molecular flexibility index (Phi) is 4.22. The van der Waals surface area contributed by atoms with Gasteiger partial charge in [0.2, 0.25) is 5.95 Å². The number of methoxy groups -OCH3 is 1. The molecular formula is C12H21N3O. The van der Waals surface area contributed by atoms with Crippen LogP contribution in [0.25, 0.3) is 0 Å². The molecule has 0 amide bonds. The molecule has 0 aromatic carbocycles. The summed E-state index contributed by atoms with van der Waals surface area (Å²) in [5, 5.41) is 3.38. The summed E-state index contributed by atoms with van der Waals surface area (Å²) in [4.78, 5) is 4.37. The predicted octanol–water partition coefficient (Wildman–Crippen LogP) is 2.45. The molecule has 1 aliphatic rings. The molecule has 0 saturated heterocycles. The molecular weight excluding hydrogens is 202 g/mol. The van der Waals surface area contributed by atoms with Crippen molar-refractivity contribution in [2.45, 2.75) is 38.1 Å². The second-order valence-corrected chi connectivity index (χ2v) is 4.37. The number of nitrogens with zero attached hydrogens (tertiary/aromatic N) is 2. The minimum absolute atomic E-state index is 0.660. The molecule has 1 aliphatic carbocycles. The maximum Gasteiger partial charge on any atom is 0.203 e. The van der Waals surface area contributed by atoms with Gasteiger partial charge >= 0.3 is 0 Å². The molecule has 0 atom stereocenters. The van der Waals surface area contributed by atoms with Crippen LogP contribution in [0, 0.1) is 0 Å². The molecule has 1 N–H and O–H groups in total. The summed E-state index contributed by atoms with van der Waals surface area (Å²) in [7, 11) is 1.74. The van der Waals surface area contributed by atoms with E-state index in [1.165, 1.54) is 25.7 Å². The molecule has 1 heterocycles. The average Bonchev–Trinajstić information content (AvgIpc) is 2.94. The van der Waals surface area contributed by atoms with Crippen LogP contribution in [0.5, 0.6) is 0 Å². The Labute approximate surface area is 97.0 Å². The molecule has 1 aromatic heterocycles. The lowest BCUT2D eigenvalue weighted by molar-refractivity contribution is 0.197. The first-order valence-electron chi connectivity index (χ1n) is 6.17. The lowest BCUT2D eigenvalue weighted by Crippen LogP contribution is -2.12. The van der Waals surface area contributed by atoms with Crippen LogP contribution in [-0.2, 0) is 4.74 Å². The molecule has 1 fully saturated rings. The van der Waals surface area contributed by atoms with Crippen molar-refractivity contribution in [1.29, 1.82) is 0 Å². The number of nitrogens with one attached hydrogen (secondary N) is 1.